The van der Waals surface area contributed by atoms with E-state index < -0.39 is 0 Å². The van der Waals surface area contributed by atoms with Crippen LogP contribution in [0.3, 0.4) is 0 Å². The fourth-order valence-electron chi connectivity index (χ4n) is 1.34. The van der Waals surface area contributed by atoms with Crippen molar-refractivity contribution in [3.05, 3.63) is 53.1 Å². The smallest absolute Gasteiger partial charge is 0.138 e. The lowest BCUT2D eigenvalue weighted by molar-refractivity contribution is 0.301. The Morgan fingerprint density at radius 1 is 1.29 bits per heavy atom. The van der Waals surface area contributed by atoms with Crippen LogP contribution in [0.1, 0.15) is 11.3 Å². The van der Waals surface area contributed by atoms with Gasteiger partial charge in [-0.1, -0.05) is 17.7 Å². The van der Waals surface area contributed by atoms with E-state index in [9.17, 15) is 0 Å². The Balaban J connectivity index is 2.04. The van der Waals surface area contributed by atoms with Crippen molar-refractivity contribution in [3.8, 4) is 5.75 Å². The van der Waals surface area contributed by atoms with Crippen molar-refractivity contribution >= 4 is 11.6 Å². The quantitative estimate of drug-likeness (QED) is 0.902. The van der Waals surface area contributed by atoms with Gasteiger partial charge in [-0.05, 0) is 17.7 Å². The van der Waals surface area contributed by atoms with Crippen LogP contribution in [0.25, 0.3) is 0 Å². The standard InChI is InChI=1S/C12H12ClN3O/c13-11-5-9(6-14)1-2-12(11)17-8-10-7-15-3-4-16-10/h1-5,7H,6,8,14H2. The van der Waals surface area contributed by atoms with Gasteiger partial charge in [0.15, 0.2) is 0 Å². The fourth-order valence-corrected chi connectivity index (χ4v) is 1.60. The lowest BCUT2D eigenvalue weighted by Crippen LogP contribution is -2.00. The van der Waals surface area contributed by atoms with Crippen LogP contribution in [0.5, 0.6) is 5.75 Å². The highest BCUT2D eigenvalue weighted by Crippen LogP contribution is 2.25. The summed E-state index contributed by atoms with van der Waals surface area (Å²) in [6.07, 6.45) is 4.90. The third-order valence-corrected chi connectivity index (χ3v) is 2.52. The van der Waals surface area contributed by atoms with Crippen LogP contribution in [0, 0.1) is 0 Å². The minimum atomic E-state index is 0.343. The molecule has 0 bridgehead atoms. The molecule has 5 heteroatoms. The Morgan fingerprint density at radius 2 is 2.18 bits per heavy atom. The molecule has 0 radical (unpaired) electrons. The first-order valence-corrected chi connectivity index (χ1v) is 5.53. The number of ether oxygens (including phenoxy) is 1. The topological polar surface area (TPSA) is 61.0 Å². The molecule has 0 fully saturated rings. The van der Waals surface area contributed by atoms with Gasteiger partial charge >= 0.3 is 0 Å². The third kappa shape index (κ3) is 3.15. The summed E-state index contributed by atoms with van der Waals surface area (Å²) < 4.78 is 5.55. The monoisotopic (exact) mass is 249 g/mol. The van der Waals surface area contributed by atoms with Crippen LogP contribution in [-0.2, 0) is 13.2 Å². The largest absolute Gasteiger partial charge is 0.486 e. The molecular formula is C12H12ClN3O. The highest BCUT2D eigenvalue weighted by Gasteiger charge is 2.03. The maximum atomic E-state index is 6.06. The third-order valence-electron chi connectivity index (χ3n) is 2.22. The maximum Gasteiger partial charge on any atom is 0.138 e. The first-order valence-electron chi connectivity index (χ1n) is 5.16. The van der Waals surface area contributed by atoms with Crippen LogP contribution >= 0.6 is 11.6 Å². The molecule has 4 nitrogen and oxygen atoms in total. The van der Waals surface area contributed by atoms with Gasteiger partial charge in [0.2, 0.25) is 0 Å². The number of hydrogen-bond acceptors (Lipinski definition) is 4. The average molecular weight is 250 g/mol. The Bertz CT molecular complexity index is 490. The summed E-state index contributed by atoms with van der Waals surface area (Å²) in [5.41, 5.74) is 7.25. The summed E-state index contributed by atoms with van der Waals surface area (Å²) in [6.45, 7) is 0.805. The van der Waals surface area contributed by atoms with E-state index in [0.717, 1.165) is 11.3 Å². The molecule has 2 aromatic rings. The first-order chi connectivity index (χ1) is 8.29. The average Bonchev–Trinajstić information content (AvgIpc) is 2.38. The van der Waals surface area contributed by atoms with E-state index >= 15 is 0 Å². The second-order valence-corrected chi connectivity index (χ2v) is 3.86. The maximum absolute atomic E-state index is 6.06. The van der Waals surface area contributed by atoms with Crippen LogP contribution in [0.2, 0.25) is 5.02 Å². The SMILES string of the molecule is NCc1ccc(OCc2cnccn2)c(Cl)c1. The minimum Gasteiger partial charge on any atom is -0.486 e. The lowest BCUT2D eigenvalue weighted by Gasteiger charge is -2.08. The molecule has 1 aromatic carbocycles. The molecular weight excluding hydrogens is 238 g/mol. The van der Waals surface area contributed by atoms with E-state index in [-0.39, 0.29) is 0 Å². The molecule has 1 heterocycles. The molecule has 0 aliphatic heterocycles. The van der Waals surface area contributed by atoms with Crippen LogP contribution in [0.4, 0.5) is 0 Å². The number of nitrogens with zero attached hydrogens (tertiary/aromatic N) is 2. The molecule has 0 amide bonds. The highest BCUT2D eigenvalue weighted by molar-refractivity contribution is 6.32. The normalized spacial score (nSPS) is 10.2. The Kier molecular flexibility index (Phi) is 3.90. The van der Waals surface area contributed by atoms with Crippen molar-refractivity contribution in [2.45, 2.75) is 13.2 Å². The van der Waals surface area contributed by atoms with Crippen molar-refractivity contribution in [3.63, 3.8) is 0 Å². The summed E-state index contributed by atoms with van der Waals surface area (Å²) in [5, 5.41) is 0.553. The minimum absolute atomic E-state index is 0.343. The predicted molar refractivity (Wildman–Crippen MR) is 65.7 cm³/mol. The Labute approximate surface area is 104 Å². The number of rotatable bonds is 4. The van der Waals surface area contributed by atoms with Gasteiger partial charge in [-0.15, -0.1) is 0 Å². The van der Waals surface area contributed by atoms with E-state index in [4.69, 9.17) is 22.1 Å². The van der Waals surface area contributed by atoms with Gasteiger partial charge in [-0.3, -0.25) is 9.97 Å². The summed E-state index contributed by atoms with van der Waals surface area (Å²) in [6, 6.07) is 5.49. The molecule has 2 N–H and O–H groups in total. The molecule has 17 heavy (non-hydrogen) atoms. The number of halogens is 1. The zero-order chi connectivity index (χ0) is 12.1. The molecule has 0 saturated carbocycles. The second-order valence-electron chi connectivity index (χ2n) is 3.45. The van der Waals surface area contributed by atoms with Crippen molar-refractivity contribution in [1.82, 2.24) is 9.97 Å². The van der Waals surface area contributed by atoms with Gasteiger partial charge in [0.05, 0.1) is 16.9 Å². The van der Waals surface area contributed by atoms with Crippen molar-refractivity contribution in [2.75, 3.05) is 0 Å². The van der Waals surface area contributed by atoms with E-state index in [0.29, 0.717) is 23.9 Å². The number of hydrogen-bond donors (Lipinski definition) is 1. The predicted octanol–water partition coefficient (Wildman–Crippen LogP) is 2.17. The molecule has 1 aromatic heterocycles. The van der Waals surface area contributed by atoms with Crippen LogP contribution in [-0.4, -0.2) is 9.97 Å². The van der Waals surface area contributed by atoms with Crippen molar-refractivity contribution in [1.29, 1.82) is 0 Å². The zero-order valence-corrected chi connectivity index (χ0v) is 9.89. The zero-order valence-electron chi connectivity index (χ0n) is 9.14. The van der Waals surface area contributed by atoms with E-state index in [1.807, 2.05) is 6.07 Å². The molecule has 2 rings (SSSR count). The summed E-state index contributed by atoms with van der Waals surface area (Å²) in [4.78, 5) is 8.06. The van der Waals surface area contributed by atoms with Crippen LogP contribution < -0.4 is 10.5 Å². The Hall–Kier alpha value is -1.65. The second kappa shape index (κ2) is 5.61. The van der Waals surface area contributed by atoms with Gasteiger partial charge in [0, 0.05) is 18.9 Å². The van der Waals surface area contributed by atoms with E-state index in [1.54, 1.807) is 30.7 Å². The molecule has 0 atom stereocenters. The Morgan fingerprint density at radius 3 is 2.82 bits per heavy atom. The molecule has 0 saturated heterocycles. The number of aromatic nitrogens is 2. The molecule has 0 unspecified atom stereocenters. The van der Waals surface area contributed by atoms with Gasteiger partial charge < -0.3 is 10.5 Å². The summed E-state index contributed by atoms with van der Waals surface area (Å²) >= 11 is 6.06. The van der Waals surface area contributed by atoms with Gasteiger partial charge in [0.25, 0.3) is 0 Å². The highest BCUT2D eigenvalue weighted by atomic mass is 35.5. The lowest BCUT2D eigenvalue weighted by atomic mass is 10.2. The van der Waals surface area contributed by atoms with Gasteiger partial charge in [-0.25, -0.2) is 0 Å². The molecule has 88 valence electrons. The summed E-state index contributed by atoms with van der Waals surface area (Å²) in [5.74, 6) is 0.620. The number of nitrogens with two attached hydrogens (primary N) is 1. The first kappa shape index (κ1) is 11.8. The fraction of sp³-hybridized carbons (Fsp3) is 0.167. The number of benzene rings is 1. The van der Waals surface area contributed by atoms with Crippen molar-refractivity contribution in [2.24, 2.45) is 5.73 Å². The molecule has 0 aliphatic carbocycles. The molecule has 0 spiro atoms. The van der Waals surface area contributed by atoms with Gasteiger partial charge in [0.1, 0.15) is 12.4 Å². The van der Waals surface area contributed by atoms with E-state index in [2.05, 4.69) is 9.97 Å². The van der Waals surface area contributed by atoms with Crippen molar-refractivity contribution < 1.29 is 4.74 Å². The van der Waals surface area contributed by atoms with Gasteiger partial charge in [-0.2, -0.15) is 0 Å². The van der Waals surface area contributed by atoms with E-state index in [1.165, 1.54) is 0 Å². The van der Waals surface area contributed by atoms with Crippen LogP contribution in [0.15, 0.2) is 36.8 Å². The molecule has 0 aliphatic rings. The summed E-state index contributed by atoms with van der Waals surface area (Å²) in [7, 11) is 0.